The highest BCUT2D eigenvalue weighted by atomic mass is 32.1. The van der Waals surface area contributed by atoms with Crippen LogP contribution < -0.4 is 0 Å². The Morgan fingerprint density at radius 3 is 3.00 bits per heavy atom. The summed E-state index contributed by atoms with van der Waals surface area (Å²) in [5.41, 5.74) is 2.79. The van der Waals surface area contributed by atoms with E-state index < -0.39 is 5.97 Å². The van der Waals surface area contributed by atoms with Gasteiger partial charge in [0.25, 0.3) is 0 Å². The number of carboxylic acids is 1. The molecule has 14 heavy (non-hydrogen) atoms. The highest BCUT2D eigenvalue weighted by Gasteiger charge is 2.13. The summed E-state index contributed by atoms with van der Waals surface area (Å²) in [4.78, 5) is 16.6. The highest BCUT2D eigenvalue weighted by Crippen LogP contribution is 2.18. The zero-order chi connectivity index (χ0) is 10.6. The Morgan fingerprint density at radius 2 is 2.50 bits per heavy atom. The van der Waals surface area contributed by atoms with E-state index in [1.165, 1.54) is 0 Å². The van der Waals surface area contributed by atoms with Crippen LogP contribution in [0.2, 0.25) is 0 Å². The topological polar surface area (TPSA) is 53.4 Å². The molecule has 1 atom stereocenters. The van der Waals surface area contributed by atoms with Gasteiger partial charge in [-0.25, -0.2) is 4.98 Å². The molecular formula is C9H14N2O2S. The Balaban J connectivity index is 2.44. The predicted molar refractivity (Wildman–Crippen MR) is 55.4 cm³/mol. The molecule has 1 rings (SSSR count). The lowest BCUT2D eigenvalue weighted by Gasteiger charge is -2.22. The summed E-state index contributed by atoms with van der Waals surface area (Å²) in [7, 11) is 1.91. The maximum atomic E-state index is 10.4. The first-order chi connectivity index (χ1) is 6.61. The molecule has 5 heteroatoms. The molecule has 4 nitrogen and oxygen atoms in total. The van der Waals surface area contributed by atoms with E-state index in [1.54, 1.807) is 16.8 Å². The largest absolute Gasteiger partial charge is 0.481 e. The van der Waals surface area contributed by atoms with E-state index in [0.29, 0.717) is 6.54 Å². The third-order valence-electron chi connectivity index (χ3n) is 2.22. The van der Waals surface area contributed by atoms with Gasteiger partial charge >= 0.3 is 5.97 Å². The van der Waals surface area contributed by atoms with E-state index >= 15 is 0 Å². The molecule has 1 N–H and O–H groups in total. The molecule has 0 fully saturated rings. The van der Waals surface area contributed by atoms with Gasteiger partial charge in [0.1, 0.15) is 0 Å². The van der Waals surface area contributed by atoms with Crippen molar-refractivity contribution in [2.45, 2.75) is 19.4 Å². The predicted octanol–water partition coefficient (Wildman–Crippen LogP) is 1.61. The van der Waals surface area contributed by atoms with E-state index in [1.807, 2.05) is 24.3 Å². The molecule has 0 saturated carbocycles. The molecule has 0 saturated heterocycles. The molecule has 0 spiro atoms. The third-order valence-corrected chi connectivity index (χ3v) is 2.82. The number of carboxylic acid groups (broad SMARTS) is 1. The van der Waals surface area contributed by atoms with Crippen LogP contribution in [-0.2, 0) is 4.79 Å². The summed E-state index contributed by atoms with van der Waals surface area (Å²) < 4.78 is 0. The van der Waals surface area contributed by atoms with Crippen molar-refractivity contribution in [2.75, 3.05) is 13.6 Å². The Kier molecular flexibility index (Phi) is 4.03. The van der Waals surface area contributed by atoms with Crippen molar-refractivity contribution >= 4 is 17.3 Å². The molecule has 1 heterocycles. The molecule has 0 radical (unpaired) electrons. The monoisotopic (exact) mass is 214 g/mol. The number of aliphatic carboxylic acids is 1. The van der Waals surface area contributed by atoms with E-state index in [-0.39, 0.29) is 12.5 Å². The van der Waals surface area contributed by atoms with Crippen molar-refractivity contribution in [1.29, 1.82) is 0 Å². The zero-order valence-electron chi connectivity index (χ0n) is 8.30. The Bertz CT molecular complexity index is 287. The molecule has 1 aromatic heterocycles. The lowest BCUT2D eigenvalue weighted by molar-refractivity contribution is -0.137. The van der Waals surface area contributed by atoms with Crippen LogP contribution in [0, 0.1) is 0 Å². The second-order valence-corrected chi connectivity index (χ2v) is 3.93. The van der Waals surface area contributed by atoms with Crippen molar-refractivity contribution in [2.24, 2.45) is 0 Å². The van der Waals surface area contributed by atoms with Gasteiger partial charge in [-0.15, -0.1) is 11.3 Å². The van der Waals surface area contributed by atoms with Crippen LogP contribution in [0.25, 0.3) is 0 Å². The molecule has 0 aliphatic rings. The second kappa shape index (κ2) is 5.07. The van der Waals surface area contributed by atoms with E-state index in [0.717, 1.165) is 5.69 Å². The second-order valence-electron chi connectivity index (χ2n) is 3.21. The number of carbonyl (C=O) groups is 1. The van der Waals surface area contributed by atoms with Crippen LogP contribution in [0.4, 0.5) is 0 Å². The van der Waals surface area contributed by atoms with Gasteiger partial charge in [0.15, 0.2) is 0 Å². The number of rotatable bonds is 5. The van der Waals surface area contributed by atoms with E-state index in [2.05, 4.69) is 4.98 Å². The van der Waals surface area contributed by atoms with Gasteiger partial charge in [0.2, 0.25) is 0 Å². The first kappa shape index (κ1) is 11.1. The minimum Gasteiger partial charge on any atom is -0.481 e. The summed E-state index contributed by atoms with van der Waals surface area (Å²) in [6, 6.07) is 0.181. The van der Waals surface area contributed by atoms with Gasteiger partial charge in [0, 0.05) is 18.0 Å². The standard InChI is InChI=1S/C9H14N2O2S/c1-7(8-5-14-6-10-8)11(2)4-3-9(12)13/h5-7H,3-4H2,1-2H3,(H,12,13). The maximum Gasteiger partial charge on any atom is 0.304 e. The fourth-order valence-corrected chi connectivity index (χ4v) is 1.76. The average molecular weight is 214 g/mol. The van der Waals surface area contributed by atoms with Gasteiger partial charge in [-0.2, -0.15) is 0 Å². The van der Waals surface area contributed by atoms with Crippen LogP contribution in [0.15, 0.2) is 10.9 Å². The molecule has 78 valence electrons. The molecule has 0 amide bonds. The fourth-order valence-electron chi connectivity index (χ4n) is 1.12. The van der Waals surface area contributed by atoms with Gasteiger partial charge < -0.3 is 5.11 Å². The lowest BCUT2D eigenvalue weighted by Crippen LogP contribution is -2.25. The molecular weight excluding hydrogens is 200 g/mol. The quantitative estimate of drug-likeness (QED) is 0.809. The average Bonchev–Trinajstić information content (AvgIpc) is 2.65. The molecule has 1 unspecified atom stereocenters. The van der Waals surface area contributed by atoms with Crippen LogP contribution >= 0.6 is 11.3 Å². The van der Waals surface area contributed by atoms with Crippen LogP contribution in [0.3, 0.4) is 0 Å². The number of hydrogen-bond acceptors (Lipinski definition) is 4. The number of aromatic nitrogens is 1. The van der Waals surface area contributed by atoms with Crippen LogP contribution in [-0.4, -0.2) is 34.6 Å². The Morgan fingerprint density at radius 1 is 1.79 bits per heavy atom. The summed E-state index contributed by atoms with van der Waals surface area (Å²) in [6.45, 7) is 2.57. The SMILES string of the molecule is CC(c1cscn1)N(C)CCC(=O)O. The lowest BCUT2D eigenvalue weighted by atomic mass is 10.2. The van der Waals surface area contributed by atoms with Crippen LogP contribution in [0.1, 0.15) is 25.1 Å². The van der Waals surface area contributed by atoms with Gasteiger partial charge in [-0.3, -0.25) is 9.69 Å². The van der Waals surface area contributed by atoms with Crippen molar-refractivity contribution < 1.29 is 9.90 Å². The third kappa shape index (κ3) is 3.08. The molecule has 0 aliphatic carbocycles. The Hall–Kier alpha value is -0.940. The first-order valence-corrected chi connectivity index (χ1v) is 5.35. The van der Waals surface area contributed by atoms with Crippen LogP contribution in [0.5, 0.6) is 0 Å². The fraction of sp³-hybridized carbons (Fsp3) is 0.556. The van der Waals surface area contributed by atoms with E-state index in [4.69, 9.17) is 5.11 Å². The minimum absolute atomic E-state index is 0.172. The smallest absolute Gasteiger partial charge is 0.304 e. The van der Waals surface area contributed by atoms with Gasteiger partial charge in [-0.1, -0.05) is 0 Å². The highest BCUT2D eigenvalue weighted by molar-refractivity contribution is 7.07. The van der Waals surface area contributed by atoms with E-state index in [9.17, 15) is 4.79 Å². The number of nitrogens with zero attached hydrogens (tertiary/aromatic N) is 2. The molecule has 0 bridgehead atoms. The van der Waals surface area contributed by atoms with Crippen molar-refractivity contribution in [3.8, 4) is 0 Å². The summed E-state index contributed by atoms with van der Waals surface area (Å²) in [5.74, 6) is -0.762. The summed E-state index contributed by atoms with van der Waals surface area (Å²) in [6.07, 6.45) is 0.172. The van der Waals surface area contributed by atoms with Crippen molar-refractivity contribution in [3.63, 3.8) is 0 Å². The van der Waals surface area contributed by atoms with Crippen molar-refractivity contribution in [3.05, 3.63) is 16.6 Å². The minimum atomic E-state index is -0.762. The van der Waals surface area contributed by atoms with Gasteiger partial charge in [-0.05, 0) is 14.0 Å². The number of hydrogen-bond donors (Lipinski definition) is 1. The van der Waals surface area contributed by atoms with Crippen molar-refractivity contribution in [1.82, 2.24) is 9.88 Å². The maximum absolute atomic E-state index is 10.4. The normalized spacial score (nSPS) is 13.1. The molecule has 0 aromatic carbocycles. The summed E-state index contributed by atoms with van der Waals surface area (Å²) >= 11 is 1.56. The summed E-state index contributed by atoms with van der Waals surface area (Å²) in [5, 5.41) is 10.5. The van der Waals surface area contributed by atoms with Gasteiger partial charge in [0.05, 0.1) is 17.6 Å². The molecule has 0 aliphatic heterocycles. The molecule has 1 aromatic rings. The zero-order valence-corrected chi connectivity index (χ0v) is 9.12. The number of thiazole rings is 1. The Labute approximate surface area is 87.2 Å². The first-order valence-electron chi connectivity index (χ1n) is 4.41.